The van der Waals surface area contributed by atoms with Gasteiger partial charge in [0.15, 0.2) is 55.5 Å². The number of carboxylic acids is 1. The molecule has 3 heterocycles. The van der Waals surface area contributed by atoms with Crippen LogP contribution in [0.3, 0.4) is 0 Å². The van der Waals surface area contributed by atoms with Crippen molar-refractivity contribution in [2.24, 2.45) is 5.41 Å². The molecule has 3 aliphatic rings. The van der Waals surface area contributed by atoms with Crippen molar-refractivity contribution in [1.82, 2.24) is 31.9 Å². The Morgan fingerprint density at radius 3 is 0.792 bits per heavy atom. The minimum atomic E-state index is -1.32. The second kappa shape index (κ2) is 66.0. The van der Waals surface area contributed by atoms with Crippen molar-refractivity contribution in [2.45, 2.75) is 239 Å². The van der Waals surface area contributed by atoms with Gasteiger partial charge in [-0.15, -0.1) is 0 Å². The molecule has 48 nitrogen and oxygen atoms in total. The number of hydrogen-bond donors (Lipinski definition) is 7. The van der Waals surface area contributed by atoms with Gasteiger partial charge in [0, 0.05) is 147 Å². The zero-order valence-electron chi connectivity index (χ0n) is 76.0. The quantitative estimate of drug-likeness (QED) is 0.0198. The lowest BCUT2D eigenvalue weighted by atomic mass is 9.84. The largest absolute Gasteiger partial charge is 0.481 e. The molecule has 3 aliphatic heterocycles. The Bertz CT molecular complexity index is 3190. The fourth-order valence-corrected chi connectivity index (χ4v) is 13.1. The standard InChI is InChI=1S/C82H132N6O42/c1-50(89)86-70-76(125-59(10)98)73(122-56(7)95)63(44-119-53(4)92)128-79(70)116-40-37-110-34-31-107-28-22-83-66(102)19-25-113-47-82(43-62(101)17-15-13-14-16-18-69(105)106,48-114-26-20-67(103)84-23-29-108-32-35-111-38-41-117-80-71(87-51(2)90)77(126-60(11)99)74(123-57(8)96)64(129-80)45-120-54(5)93)49-115-27-21-68(104)85-24-30-109-33-36-112-39-42-118-81-72(88-52(3)91)78(127-61(12)100)75(124-58(9)97)65(130-81)46-121-55(6)94/h63-65,70-81H,13-49H2,1-12H3,(H,83,102)(H,84,103)(H,85,104)(H,86,89)(H,87,90)(H,88,91)(H,105,106). The van der Waals surface area contributed by atoms with Crippen LogP contribution in [-0.4, -0.2) is 376 Å². The van der Waals surface area contributed by atoms with E-state index in [0.717, 1.165) is 62.3 Å². The molecule has 0 aromatic carbocycles. The Labute approximate surface area is 753 Å². The van der Waals surface area contributed by atoms with E-state index in [0.29, 0.717) is 25.7 Å². The van der Waals surface area contributed by atoms with Gasteiger partial charge in [0.2, 0.25) is 35.4 Å². The lowest BCUT2D eigenvalue weighted by molar-refractivity contribution is -0.279. The molecule has 3 saturated heterocycles. The molecule has 0 saturated carbocycles. The summed E-state index contributed by atoms with van der Waals surface area (Å²) >= 11 is 0. The number of nitrogens with one attached hydrogen (secondary N) is 6. The average Bonchev–Trinajstić information content (AvgIpc) is 0.795. The van der Waals surface area contributed by atoms with Crippen LogP contribution < -0.4 is 31.9 Å². The molecule has 48 heteroatoms. The van der Waals surface area contributed by atoms with Crippen molar-refractivity contribution in [3.8, 4) is 0 Å². The van der Waals surface area contributed by atoms with E-state index < -0.39 is 212 Å². The van der Waals surface area contributed by atoms with E-state index in [-0.39, 0.29) is 203 Å². The first kappa shape index (κ1) is 115. The van der Waals surface area contributed by atoms with Gasteiger partial charge in [-0.05, 0) is 12.8 Å². The molecule has 3 rings (SSSR count). The molecule has 0 aliphatic carbocycles. The summed E-state index contributed by atoms with van der Waals surface area (Å²) in [5.41, 5.74) is -1.26. The van der Waals surface area contributed by atoms with E-state index in [4.69, 9.17) is 119 Å². The van der Waals surface area contributed by atoms with Crippen LogP contribution in [0.15, 0.2) is 0 Å². The minimum Gasteiger partial charge on any atom is -0.481 e. The highest BCUT2D eigenvalue weighted by atomic mass is 16.7. The number of carbonyl (C=O) groups is 17. The molecule has 0 aromatic rings. The Balaban J connectivity index is 1.63. The van der Waals surface area contributed by atoms with Crippen LogP contribution in [0.2, 0.25) is 0 Å². The summed E-state index contributed by atoms with van der Waals surface area (Å²) in [4.78, 5) is 210. The molecule has 6 amide bonds. The highest BCUT2D eigenvalue weighted by Gasteiger charge is 2.55. The number of aliphatic carboxylic acids is 1. The number of hydrogen-bond acceptors (Lipinski definition) is 41. The molecule has 742 valence electrons. The molecule has 7 N–H and O–H groups in total. The van der Waals surface area contributed by atoms with Crippen LogP contribution in [0.4, 0.5) is 0 Å². The van der Waals surface area contributed by atoms with Gasteiger partial charge >= 0.3 is 59.7 Å². The molecule has 3 fully saturated rings. The van der Waals surface area contributed by atoms with Crippen molar-refractivity contribution in [2.75, 3.05) is 178 Å². The molecular formula is C82H132N6O42. The van der Waals surface area contributed by atoms with Gasteiger partial charge in [-0.2, -0.15) is 0 Å². The number of esters is 9. The third-order valence-electron chi connectivity index (χ3n) is 18.4. The minimum absolute atomic E-state index is 0.0263. The van der Waals surface area contributed by atoms with Crippen molar-refractivity contribution in [3.05, 3.63) is 0 Å². The number of ketones is 1. The molecule has 0 bridgehead atoms. The maximum absolute atomic E-state index is 14.0. The van der Waals surface area contributed by atoms with E-state index >= 15 is 0 Å². The summed E-state index contributed by atoms with van der Waals surface area (Å²) in [5.74, 6) is -10.8. The summed E-state index contributed by atoms with van der Waals surface area (Å²) < 4.78 is 136. The first-order valence-corrected chi connectivity index (χ1v) is 42.7. The first-order chi connectivity index (χ1) is 61.9. The van der Waals surface area contributed by atoms with Gasteiger partial charge < -0.3 is 151 Å². The van der Waals surface area contributed by atoms with Gasteiger partial charge in [0.1, 0.15) is 62.0 Å². The third kappa shape index (κ3) is 51.4. The predicted molar refractivity (Wildman–Crippen MR) is 438 cm³/mol. The second-order valence-electron chi connectivity index (χ2n) is 29.9. The van der Waals surface area contributed by atoms with Gasteiger partial charge in [-0.3, -0.25) is 81.5 Å². The summed E-state index contributed by atoms with van der Waals surface area (Å²) in [7, 11) is 0. The second-order valence-corrected chi connectivity index (χ2v) is 29.9. The number of unbranched alkanes of at least 4 members (excludes halogenated alkanes) is 3. The Morgan fingerprint density at radius 2 is 0.538 bits per heavy atom. The summed E-state index contributed by atoms with van der Waals surface area (Å²) in [6.07, 6.45) is -13.9. The summed E-state index contributed by atoms with van der Waals surface area (Å²) in [5, 5.41) is 25.2. The van der Waals surface area contributed by atoms with Crippen molar-refractivity contribution in [3.63, 3.8) is 0 Å². The highest BCUT2D eigenvalue weighted by molar-refractivity contribution is 5.80. The molecule has 15 unspecified atom stereocenters. The number of carbonyl (C=O) groups excluding carboxylic acids is 16. The molecule has 0 radical (unpaired) electrons. The van der Waals surface area contributed by atoms with Gasteiger partial charge in [-0.1, -0.05) is 12.8 Å². The van der Waals surface area contributed by atoms with E-state index in [1.807, 2.05) is 0 Å². The Hall–Kier alpha value is -9.41. The van der Waals surface area contributed by atoms with Gasteiger partial charge in [0.05, 0.1) is 139 Å². The lowest BCUT2D eigenvalue weighted by Gasteiger charge is -2.44. The van der Waals surface area contributed by atoms with Crippen LogP contribution in [0.5, 0.6) is 0 Å². The first-order valence-electron chi connectivity index (χ1n) is 42.7. The summed E-state index contributed by atoms with van der Waals surface area (Å²) in [6, 6.07) is -3.55. The van der Waals surface area contributed by atoms with E-state index in [1.165, 1.54) is 20.8 Å². The Kier molecular flexibility index (Phi) is 58.3. The molecular weight excluding hydrogens is 1740 g/mol. The maximum atomic E-state index is 14.0. The molecule has 0 spiro atoms. The maximum Gasteiger partial charge on any atom is 0.303 e. The van der Waals surface area contributed by atoms with Crippen LogP contribution in [-0.2, 0) is 195 Å². The highest BCUT2D eigenvalue weighted by Crippen LogP contribution is 2.33. The fraction of sp³-hybridized carbons (Fsp3) is 0.793. The van der Waals surface area contributed by atoms with Crippen molar-refractivity contribution in [1.29, 1.82) is 0 Å². The normalized spacial score (nSPS) is 22.1. The van der Waals surface area contributed by atoms with E-state index in [2.05, 4.69) is 31.9 Å². The van der Waals surface area contributed by atoms with Crippen LogP contribution in [0, 0.1) is 5.41 Å². The monoisotopic (exact) mass is 1870 g/mol. The molecule has 15 atom stereocenters. The summed E-state index contributed by atoms with van der Waals surface area (Å²) in [6.45, 7) is 11.8. The van der Waals surface area contributed by atoms with E-state index in [9.17, 15) is 81.5 Å². The smallest absolute Gasteiger partial charge is 0.303 e. The molecule has 130 heavy (non-hydrogen) atoms. The van der Waals surface area contributed by atoms with Gasteiger partial charge in [0.25, 0.3) is 0 Å². The number of ether oxygens (including phenoxy) is 24. The van der Waals surface area contributed by atoms with Gasteiger partial charge in [-0.25, -0.2) is 0 Å². The predicted octanol–water partition coefficient (Wildman–Crippen LogP) is -1.96. The fourth-order valence-electron chi connectivity index (χ4n) is 13.1. The lowest BCUT2D eigenvalue weighted by Crippen LogP contribution is -2.66. The van der Waals surface area contributed by atoms with Crippen LogP contribution in [0.1, 0.15) is 147 Å². The van der Waals surface area contributed by atoms with Crippen molar-refractivity contribution >= 4 is 101 Å². The third-order valence-corrected chi connectivity index (χ3v) is 18.4. The zero-order chi connectivity index (χ0) is 96.4. The number of carboxylic acid groups (broad SMARTS) is 1. The molecule has 0 aromatic heterocycles. The average molecular weight is 1870 g/mol. The van der Waals surface area contributed by atoms with Crippen LogP contribution >= 0.6 is 0 Å². The van der Waals surface area contributed by atoms with Crippen molar-refractivity contribution < 1.29 is 200 Å². The number of rotatable bonds is 69. The number of Topliss-reactive ketones (excluding diaryl/α,β-unsaturated/α-hetero) is 1. The van der Waals surface area contributed by atoms with Crippen LogP contribution in [0.25, 0.3) is 0 Å². The van der Waals surface area contributed by atoms with E-state index in [1.54, 1.807) is 0 Å². The topological polar surface area (TPSA) is 604 Å². The zero-order valence-corrected chi connectivity index (χ0v) is 76.0. The number of amides is 6. The Morgan fingerprint density at radius 1 is 0.285 bits per heavy atom. The SMILES string of the molecule is CC(=O)NC1C(OCCOCCOCCNC(=O)CCOCC(COCCC(=O)NCCOCCOCCOC2OC(COC(C)=O)C(OC(C)=O)C(OC(C)=O)C2NC(C)=O)(COCCC(=O)NCCOCCOCCOC2OC(COC(C)=O)C(OC(C)=O)C(OC(C)=O)C2NC(C)=O)CC(=O)CCCCCCC(=O)O)OC(COC(C)=O)C(OC(C)=O)C1OC(C)=O.